The first-order valence-corrected chi connectivity index (χ1v) is 12.9. The Morgan fingerprint density at radius 1 is 1.03 bits per heavy atom. The number of hydrogen-bond acceptors (Lipinski definition) is 6. The molecule has 3 aromatic carbocycles. The molecule has 0 aliphatic rings. The molecule has 1 amide bonds. The van der Waals surface area contributed by atoms with Gasteiger partial charge in [0.1, 0.15) is 18.1 Å². The third-order valence-electron chi connectivity index (χ3n) is 6.04. The Bertz CT molecular complexity index is 1440. The number of H-pyrrole nitrogens is 1. The van der Waals surface area contributed by atoms with Crippen molar-refractivity contribution in [2.24, 2.45) is 11.0 Å². The number of hydrazone groups is 1. The fourth-order valence-corrected chi connectivity index (χ4v) is 3.99. The third-order valence-corrected chi connectivity index (χ3v) is 6.04. The van der Waals surface area contributed by atoms with Crippen LogP contribution in [0.15, 0.2) is 78.0 Å². The SMILES string of the molecule is COc1ccc(C=NNC(=O)CCc2c[nH]c3ccccc23)cc1COc1ccc(C(=O)OCC(C)C)cc1. The lowest BCUT2D eigenvalue weighted by Crippen LogP contribution is -2.17. The molecule has 2 N–H and O–H groups in total. The monoisotopic (exact) mass is 527 g/mol. The molecule has 0 saturated heterocycles. The number of aromatic amines is 1. The quantitative estimate of drug-likeness (QED) is 0.141. The molecule has 4 rings (SSSR count). The number of rotatable bonds is 12. The summed E-state index contributed by atoms with van der Waals surface area (Å²) < 4.78 is 16.6. The fourth-order valence-electron chi connectivity index (χ4n) is 3.99. The number of carbonyl (C=O) groups excluding carboxylic acids is 2. The number of aryl methyl sites for hydroxylation is 1. The van der Waals surface area contributed by atoms with Crippen molar-refractivity contribution in [1.29, 1.82) is 0 Å². The largest absolute Gasteiger partial charge is 0.496 e. The molecule has 8 heteroatoms. The molecule has 0 bridgehead atoms. The van der Waals surface area contributed by atoms with Crippen molar-refractivity contribution in [3.8, 4) is 11.5 Å². The summed E-state index contributed by atoms with van der Waals surface area (Å²) in [4.78, 5) is 27.7. The van der Waals surface area contributed by atoms with Crippen molar-refractivity contribution in [3.63, 3.8) is 0 Å². The fraction of sp³-hybridized carbons (Fsp3) is 0.258. The van der Waals surface area contributed by atoms with Crippen LogP contribution in [0.1, 0.15) is 47.3 Å². The van der Waals surface area contributed by atoms with Gasteiger partial charge in [0.15, 0.2) is 0 Å². The Hall–Kier alpha value is -4.59. The first kappa shape index (κ1) is 27.4. The van der Waals surface area contributed by atoms with E-state index in [2.05, 4.69) is 15.5 Å². The van der Waals surface area contributed by atoms with Crippen molar-refractivity contribution in [3.05, 3.63) is 95.2 Å². The highest BCUT2D eigenvalue weighted by Crippen LogP contribution is 2.23. The highest BCUT2D eigenvalue weighted by Gasteiger charge is 2.10. The predicted molar refractivity (Wildman–Crippen MR) is 151 cm³/mol. The minimum atomic E-state index is -0.353. The van der Waals surface area contributed by atoms with Crippen LogP contribution in [0.25, 0.3) is 10.9 Å². The average Bonchev–Trinajstić information content (AvgIpc) is 3.37. The Kier molecular flexibility index (Phi) is 9.34. The maximum Gasteiger partial charge on any atom is 0.338 e. The zero-order valence-electron chi connectivity index (χ0n) is 22.4. The number of esters is 1. The number of fused-ring (bicyclic) bond motifs is 1. The van der Waals surface area contributed by atoms with E-state index in [0.717, 1.165) is 27.6 Å². The van der Waals surface area contributed by atoms with Crippen LogP contribution < -0.4 is 14.9 Å². The zero-order chi connectivity index (χ0) is 27.6. The molecular formula is C31H33N3O5. The van der Waals surface area contributed by atoms with E-state index < -0.39 is 0 Å². The molecule has 1 aromatic heterocycles. The van der Waals surface area contributed by atoms with Gasteiger partial charge in [-0.3, -0.25) is 4.79 Å². The second kappa shape index (κ2) is 13.3. The van der Waals surface area contributed by atoms with Gasteiger partial charge in [0.25, 0.3) is 0 Å². The third kappa shape index (κ3) is 7.70. The minimum absolute atomic E-state index is 0.162. The number of ether oxygens (including phenoxy) is 3. The lowest BCUT2D eigenvalue weighted by atomic mass is 10.1. The van der Waals surface area contributed by atoms with E-state index in [4.69, 9.17) is 14.2 Å². The van der Waals surface area contributed by atoms with Crippen LogP contribution in [0.2, 0.25) is 0 Å². The van der Waals surface area contributed by atoms with Gasteiger partial charge in [-0.15, -0.1) is 0 Å². The van der Waals surface area contributed by atoms with Crippen LogP contribution in [0.4, 0.5) is 0 Å². The van der Waals surface area contributed by atoms with Gasteiger partial charge >= 0.3 is 5.97 Å². The molecule has 0 saturated carbocycles. The Balaban J connectivity index is 1.30. The summed E-state index contributed by atoms with van der Waals surface area (Å²) in [5.41, 5.74) is 6.83. The summed E-state index contributed by atoms with van der Waals surface area (Å²) in [6.45, 7) is 4.61. The number of methoxy groups -OCH3 is 1. The van der Waals surface area contributed by atoms with Gasteiger partial charge < -0.3 is 19.2 Å². The lowest BCUT2D eigenvalue weighted by molar-refractivity contribution is -0.121. The predicted octanol–water partition coefficient (Wildman–Crippen LogP) is 5.65. The second-order valence-electron chi connectivity index (χ2n) is 9.53. The molecule has 0 atom stereocenters. The Labute approximate surface area is 228 Å². The second-order valence-corrected chi connectivity index (χ2v) is 9.53. The molecule has 39 heavy (non-hydrogen) atoms. The van der Waals surface area contributed by atoms with Gasteiger partial charge in [-0.25, -0.2) is 10.2 Å². The van der Waals surface area contributed by atoms with Gasteiger partial charge in [-0.1, -0.05) is 32.0 Å². The Morgan fingerprint density at radius 3 is 2.59 bits per heavy atom. The van der Waals surface area contributed by atoms with E-state index in [-0.39, 0.29) is 24.4 Å². The number of para-hydroxylation sites is 1. The van der Waals surface area contributed by atoms with Gasteiger partial charge in [0.2, 0.25) is 5.91 Å². The van der Waals surface area contributed by atoms with Crippen LogP contribution in [0, 0.1) is 5.92 Å². The number of nitrogens with zero attached hydrogens (tertiary/aromatic N) is 1. The maximum atomic E-state index is 12.3. The normalized spacial score (nSPS) is 11.2. The molecule has 0 spiro atoms. The first-order chi connectivity index (χ1) is 18.9. The molecule has 1 heterocycles. The molecule has 0 radical (unpaired) electrons. The topological polar surface area (TPSA) is 102 Å². The first-order valence-electron chi connectivity index (χ1n) is 12.9. The van der Waals surface area contributed by atoms with Crippen LogP contribution in [0.5, 0.6) is 11.5 Å². The summed E-state index contributed by atoms with van der Waals surface area (Å²) >= 11 is 0. The number of carbonyl (C=O) groups is 2. The summed E-state index contributed by atoms with van der Waals surface area (Å²) in [7, 11) is 1.60. The van der Waals surface area contributed by atoms with Crippen LogP contribution in [-0.2, 0) is 22.6 Å². The summed E-state index contributed by atoms with van der Waals surface area (Å²) in [5.74, 6) is 1.04. The van der Waals surface area contributed by atoms with Gasteiger partial charge in [0.05, 0.1) is 25.5 Å². The summed E-state index contributed by atoms with van der Waals surface area (Å²) in [5, 5.41) is 5.24. The van der Waals surface area contributed by atoms with Crippen LogP contribution >= 0.6 is 0 Å². The van der Waals surface area contributed by atoms with Crippen molar-refractivity contribution in [1.82, 2.24) is 10.4 Å². The smallest absolute Gasteiger partial charge is 0.338 e. The van der Waals surface area contributed by atoms with Gasteiger partial charge in [0, 0.05) is 29.1 Å². The number of nitrogens with one attached hydrogen (secondary N) is 2. The zero-order valence-corrected chi connectivity index (χ0v) is 22.4. The lowest BCUT2D eigenvalue weighted by Gasteiger charge is -2.12. The average molecular weight is 528 g/mol. The number of aromatic nitrogens is 1. The maximum absolute atomic E-state index is 12.3. The van der Waals surface area contributed by atoms with Gasteiger partial charge in [-0.2, -0.15) is 5.10 Å². The molecular weight excluding hydrogens is 494 g/mol. The van der Waals surface area contributed by atoms with E-state index in [1.807, 2.05) is 62.5 Å². The van der Waals surface area contributed by atoms with Crippen molar-refractivity contribution in [2.75, 3.05) is 13.7 Å². The highest BCUT2D eigenvalue weighted by molar-refractivity contribution is 5.89. The number of hydrogen-bond donors (Lipinski definition) is 2. The molecule has 0 aliphatic heterocycles. The highest BCUT2D eigenvalue weighted by atomic mass is 16.5. The molecule has 4 aromatic rings. The number of benzene rings is 3. The van der Waals surface area contributed by atoms with Crippen molar-refractivity contribution < 1.29 is 23.8 Å². The molecule has 0 fully saturated rings. The summed E-state index contributed by atoms with van der Waals surface area (Å²) in [6, 6.07) is 20.4. The van der Waals surface area contributed by atoms with E-state index in [1.165, 1.54) is 0 Å². The molecule has 202 valence electrons. The van der Waals surface area contributed by atoms with E-state index >= 15 is 0 Å². The van der Waals surface area contributed by atoms with Crippen LogP contribution in [0.3, 0.4) is 0 Å². The molecule has 0 unspecified atom stereocenters. The summed E-state index contributed by atoms with van der Waals surface area (Å²) in [6.07, 6.45) is 4.48. The van der Waals surface area contributed by atoms with Crippen molar-refractivity contribution >= 4 is 29.0 Å². The Morgan fingerprint density at radius 2 is 1.82 bits per heavy atom. The standard InChI is InChI=1S/C31H33N3O5/c1-21(2)19-39-31(36)23-9-12-26(13-10-23)38-20-25-16-22(8-14-29(25)37-3)17-33-34-30(35)15-11-24-18-32-28-7-5-4-6-27(24)28/h4-10,12-14,16-18,21,32H,11,15,19-20H2,1-3H3,(H,34,35). The number of amides is 1. The van der Waals surface area contributed by atoms with E-state index in [0.29, 0.717) is 36.5 Å². The van der Waals surface area contributed by atoms with Crippen LogP contribution in [-0.4, -0.2) is 36.8 Å². The molecule has 0 aliphatic carbocycles. The van der Waals surface area contributed by atoms with E-state index in [9.17, 15) is 9.59 Å². The van der Waals surface area contributed by atoms with Gasteiger partial charge in [-0.05, 0) is 72.0 Å². The van der Waals surface area contributed by atoms with E-state index in [1.54, 1.807) is 37.6 Å². The van der Waals surface area contributed by atoms with Crippen molar-refractivity contribution in [2.45, 2.75) is 33.3 Å². The minimum Gasteiger partial charge on any atom is -0.496 e. The molecule has 8 nitrogen and oxygen atoms in total.